The third-order valence-corrected chi connectivity index (χ3v) is 1.96. The number of nitrogens with one attached hydrogen (secondary N) is 1. The standard InChI is InChI=1S/C11H19NO/c1-11(2,3)5-6-12-8-10-4-7-13-9-10/h4,7,9,12H,5-6,8H2,1-3H3. The molecule has 0 saturated carbocycles. The molecule has 1 aromatic rings. The summed E-state index contributed by atoms with van der Waals surface area (Å²) in [7, 11) is 0. The van der Waals surface area contributed by atoms with Crippen LogP contribution in [0.15, 0.2) is 23.0 Å². The molecule has 0 fully saturated rings. The maximum atomic E-state index is 4.97. The molecule has 1 N–H and O–H groups in total. The van der Waals surface area contributed by atoms with Crippen molar-refractivity contribution in [3.8, 4) is 0 Å². The zero-order valence-corrected chi connectivity index (χ0v) is 8.76. The predicted molar refractivity (Wildman–Crippen MR) is 54.5 cm³/mol. The minimum absolute atomic E-state index is 0.420. The summed E-state index contributed by atoms with van der Waals surface area (Å²) in [6.07, 6.45) is 4.69. The van der Waals surface area contributed by atoms with Gasteiger partial charge in [0.15, 0.2) is 0 Å². The fraction of sp³-hybridized carbons (Fsp3) is 0.636. The molecule has 0 atom stereocenters. The molecule has 0 aromatic carbocycles. The zero-order chi connectivity index (χ0) is 9.73. The lowest BCUT2D eigenvalue weighted by molar-refractivity contribution is 0.366. The summed E-state index contributed by atoms with van der Waals surface area (Å²) < 4.78 is 4.97. The molecule has 0 aliphatic rings. The van der Waals surface area contributed by atoms with E-state index in [2.05, 4.69) is 26.1 Å². The van der Waals surface area contributed by atoms with Gasteiger partial charge in [0.2, 0.25) is 0 Å². The van der Waals surface area contributed by atoms with Crippen LogP contribution in [0.4, 0.5) is 0 Å². The topological polar surface area (TPSA) is 25.2 Å². The van der Waals surface area contributed by atoms with E-state index >= 15 is 0 Å². The Kier molecular flexibility index (Phi) is 3.55. The van der Waals surface area contributed by atoms with Crippen LogP contribution in [-0.4, -0.2) is 6.54 Å². The van der Waals surface area contributed by atoms with E-state index in [4.69, 9.17) is 4.42 Å². The first-order valence-corrected chi connectivity index (χ1v) is 4.80. The smallest absolute Gasteiger partial charge is 0.0947 e. The first-order chi connectivity index (χ1) is 6.08. The molecule has 2 heteroatoms. The first kappa shape index (κ1) is 10.3. The van der Waals surface area contributed by atoms with Crippen molar-refractivity contribution < 1.29 is 4.42 Å². The molecule has 1 aromatic heterocycles. The van der Waals surface area contributed by atoms with Gasteiger partial charge in [-0.3, -0.25) is 0 Å². The lowest BCUT2D eigenvalue weighted by Gasteiger charge is -2.17. The lowest BCUT2D eigenvalue weighted by Crippen LogP contribution is -2.19. The van der Waals surface area contributed by atoms with E-state index in [9.17, 15) is 0 Å². The van der Waals surface area contributed by atoms with Gasteiger partial charge >= 0.3 is 0 Å². The largest absolute Gasteiger partial charge is 0.472 e. The van der Waals surface area contributed by atoms with Gasteiger partial charge in [0.05, 0.1) is 12.5 Å². The second-order valence-corrected chi connectivity index (χ2v) is 4.62. The molecule has 0 spiro atoms. The molecule has 1 rings (SSSR count). The fourth-order valence-electron chi connectivity index (χ4n) is 1.09. The van der Waals surface area contributed by atoms with Crippen LogP contribution in [0.3, 0.4) is 0 Å². The Balaban J connectivity index is 2.09. The Bertz CT molecular complexity index is 221. The van der Waals surface area contributed by atoms with Crippen molar-refractivity contribution in [2.24, 2.45) is 5.41 Å². The van der Waals surface area contributed by atoms with Crippen LogP contribution >= 0.6 is 0 Å². The summed E-state index contributed by atoms with van der Waals surface area (Å²) in [5.74, 6) is 0. The minimum Gasteiger partial charge on any atom is -0.472 e. The number of furan rings is 1. The van der Waals surface area contributed by atoms with Gasteiger partial charge in [-0.2, -0.15) is 0 Å². The van der Waals surface area contributed by atoms with Crippen molar-refractivity contribution >= 4 is 0 Å². The fourth-order valence-corrected chi connectivity index (χ4v) is 1.09. The van der Waals surface area contributed by atoms with E-state index in [0.29, 0.717) is 5.41 Å². The SMILES string of the molecule is CC(C)(C)CCNCc1ccoc1. The van der Waals surface area contributed by atoms with Crippen LogP contribution in [-0.2, 0) is 6.54 Å². The second kappa shape index (κ2) is 4.47. The molecule has 1 heterocycles. The average molecular weight is 181 g/mol. The van der Waals surface area contributed by atoms with E-state index in [1.807, 2.05) is 6.07 Å². The number of hydrogen-bond donors (Lipinski definition) is 1. The summed E-state index contributed by atoms with van der Waals surface area (Å²) in [5, 5.41) is 3.38. The van der Waals surface area contributed by atoms with E-state index < -0.39 is 0 Å². The van der Waals surface area contributed by atoms with Crippen LogP contribution in [0.25, 0.3) is 0 Å². The van der Waals surface area contributed by atoms with Crippen molar-refractivity contribution in [2.75, 3.05) is 6.54 Å². The van der Waals surface area contributed by atoms with Gasteiger partial charge in [-0.25, -0.2) is 0 Å². The van der Waals surface area contributed by atoms with E-state index in [1.165, 1.54) is 12.0 Å². The zero-order valence-electron chi connectivity index (χ0n) is 8.76. The van der Waals surface area contributed by atoms with Crippen molar-refractivity contribution in [1.29, 1.82) is 0 Å². The van der Waals surface area contributed by atoms with Gasteiger partial charge in [0.1, 0.15) is 0 Å². The van der Waals surface area contributed by atoms with Crippen LogP contribution in [0, 0.1) is 5.41 Å². The molecule has 0 saturated heterocycles. The number of rotatable bonds is 4. The second-order valence-electron chi connectivity index (χ2n) is 4.62. The molecule has 0 unspecified atom stereocenters. The van der Waals surface area contributed by atoms with Gasteiger partial charge in [0.25, 0.3) is 0 Å². The molecule has 0 aliphatic heterocycles. The summed E-state index contributed by atoms with van der Waals surface area (Å²) in [4.78, 5) is 0. The highest BCUT2D eigenvalue weighted by molar-refractivity contribution is 5.04. The van der Waals surface area contributed by atoms with Gasteiger partial charge in [-0.05, 0) is 24.4 Å². The summed E-state index contributed by atoms with van der Waals surface area (Å²) in [6, 6.07) is 1.99. The van der Waals surface area contributed by atoms with Crippen LogP contribution in [0.5, 0.6) is 0 Å². The van der Waals surface area contributed by atoms with Gasteiger partial charge in [-0.15, -0.1) is 0 Å². The van der Waals surface area contributed by atoms with Crippen molar-refractivity contribution in [3.05, 3.63) is 24.2 Å². The normalized spacial score (nSPS) is 11.9. The van der Waals surface area contributed by atoms with Crippen molar-refractivity contribution in [3.63, 3.8) is 0 Å². The van der Waals surface area contributed by atoms with Crippen LogP contribution in [0.2, 0.25) is 0 Å². The summed E-state index contributed by atoms with van der Waals surface area (Å²) in [5.41, 5.74) is 1.64. The number of hydrogen-bond acceptors (Lipinski definition) is 2. The molecule has 0 aliphatic carbocycles. The Morgan fingerprint density at radius 3 is 2.69 bits per heavy atom. The van der Waals surface area contributed by atoms with Gasteiger partial charge in [-0.1, -0.05) is 20.8 Å². The Morgan fingerprint density at radius 1 is 1.38 bits per heavy atom. The Hall–Kier alpha value is -0.760. The molecular weight excluding hydrogens is 162 g/mol. The Morgan fingerprint density at radius 2 is 2.15 bits per heavy atom. The van der Waals surface area contributed by atoms with Gasteiger partial charge < -0.3 is 9.73 Å². The van der Waals surface area contributed by atoms with E-state index in [-0.39, 0.29) is 0 Å². The highest BCUT2D eigenvalue weighted by atomic mass is 16.3. The van der Waals surface area contributed by atoms with E-state index in [0.717, 1.165) is 13.1 Å². The van der Waals surface area contributed by atoms with Crippen molar-refractivity contribution in [2.45, 2.75) is 33.7 Å². The predicted octanol–water partition coefficient (Wildman–Crippen LogP) is 2.81. The van der Waals surface area contributed by atoms with Gasteiger partial charge in [0, 0.05) is 12.1 Å². The quantitative estimate of drug-likeness (QED) is 0.722. The van der Waals surface area contributed by atoms with E-state index in [1.54, 1.807) is 12.5 Å². The molecule has 74 valence electrons. The third-order valence-electron chi connectivity index (χ3n) is 1.96. The van der Waals surface area contributed by atoms with Crippen molar-refractivity contribution in [1.82, 2.24) is 5.32 Å². The summed E-state index contributed by atoms with van der Waals surface area (Å²) in [6.45, 7) is 8.74. The third kappa shape index (κ3) is 4.73. The van der Waals surface area contributed by atoms with Crippen LogP contribution in [0.1, 0.15) is 32.8 Å². The maximum absolute atomic E-state index is 4.97. The Labute approximate surface area is 80.3 Å². The molecular formula is C11H19NO. The maximum Gasteiger partial charge on any atom is 0.0947 e. The first-order valence-electron chi connectivity index (χ1n) is 4.80. The monoisotopic (exact) mass is 181 g/mol. The molecule has 0 bridgehead atoms. The molecule has 0 radical (unpaired) electrons. The molecule has 13 heavy (non-hydrogen) atoms. The highest BCUT2D eigenvalue weighted by Gasteiger charge is 2.08. The molecule has 2 nitrogen and oxygen atoms in total. The average Bonchev–Trinajstić information content (AvgIpc) is 2.48. The highest BCUT2D eigenvalue weighted by Crippen LogP contribution is 2.16. The lowest BCUT2D eigenvalue weighted by atomic mass is 9.92. The molecule has 0 amide bonds. The van der Waals surface area contributed by atoms with Crippen LogP contribution < -0.4 is 5.32 Å². The summed E-state index contributed by atoms with van der Waals surface area (Å²) >= 11 is 0. The minimum atomic E-state index is 0.420.